The molecular formula is C8H6IN3. The maximum atomic E-state index is 3.95. The van der Waals surface area contributed by atoms with Gasteiger partial charge in [-0.05, 0) is 34.7 Å². The SMILES string of the molecule is Ic1cnnn1-c1ccccc1. The molecule has 60 valence electrons. The molecule has 0 fully saturated rings. The van der Waals surface area contributed by atoms with Crippen molar-refractivity contribution in [3.05, 3.63) is 40.2 Å². The van der Waals surface area contributed by atoms with E-state index in [0.29, 0.717) is 0 Å². The predicted octanol–water partition coefficient (Wildman–Crippen LogP) is 1.87. The van der Waals surface area contributed by atoms with Crippen molar-refractivity contribution in [2.24, 2.45) is 0 Å². The molecule has 0 N–H and O–H groups in total. The molecule has 0 aliphatic carbocycles. The quantitative estimate of drug-likeness (QED) is 0.741. The first-order chi connectivity index (χ1) is 5.88. The van der Waals surface area contributed by atoms with Crippen molar-refractivity contribution >= 4 is 22.6 Å². The van der Waals surface area contributed by atoms with Gasteiger partial charge in [-0.3, -0.25) is 0 Å². The van der Waals surface area contributed by atoms with Crippen molar-refractivity contribution in [3.8, 4) is 5.69 Å². The van der Waals surface area contributed by atoms with Crippen molar-refractivity contribution in [2.45, 2.75) is 0 Å². The summed E-state index contributed by atoms with van der Waals surface area (Å²) in [4.78, 5) is 0. The van der Waals surface area contributed by atoms with Gasteiger partial charge < -0.3 is 0 Å². The first-order valence-electron chi connectivity index (χ1n) is 3.49. The maximum absolute atomic E-state index is 3.95. The normalized spacial score (nSPS) is 10.1. The molecule has 0 radical (unpaired) electrons. The van der Waals surface area contributed by atoms with E-state index in [0.717, 1.165) is 9.39 Å². The molecule has 0 aliphatic heterocycles. The van der Waals surface area contributed by atoms with Gasteiger partial charge in [-0.2, -0.15) is 0 Å². The Hall–Kier alpha value is -0.910. The zero-order valence-electron chi connectivity index (χ0n) is 6.18. The number of halogens is 1. The average molecular weight is 271 g/mol. The summed E-state index contributed by atoms with van der Waals surface area (Å²) in [6.45, 7) is 0. The first kappa shape index (κ1) is 7.72. The highest BCUT2D eigenvalue weighted by molar-refractivity contribution is 14.1. The molecule has 0 saturated carbocycles. The van der Waals surface area contributed by atoms with Crippen LogP contribution in [-0.2, 0) is 0 Å². The summed E-state index contributed by atoms with van der Waals surface area (Å²) in [5.41, 5.74) is 1.04. The van der Waals surface area contributed by atoms with E-state index in [9.17, 15) is 0 Å². The summed E-state index contributed by atoms with van der Waals surface area (Å²) in [5, 5.41) is 7.75. The van der Waals surface area contributed by atoms with E-state index in [2.05, 4.69) is 32.9 Å². The molecule has 2 aromatic rings. The zero-order chi connectivity index (χ0) is 8.39. The summed E-state index contributed by atoms with van der Waals surface area (Å²) in [7, 11) is 0. The second kappa shape index (κ2) is 3.22. The fourth-order valence-corrected chi connectivity index (χ4v) is 1.47. The van der Waals surface area contributed by atoms with Gasteiger partial charge >= 0.3 is 0 Å². The van der Waals surface area contributed by atoms with Crippen LogP contribution in [0, 0.1) is 3.70 Å². The molecule has 0 aliphatic rings. The number of hydrogen-bond donors (Lipinski definition) is 0. The summed E-state index contributed by atoms with van der Waals surface area (Å²) in [5.74, 6) is 0. The van der Waals surface area contributed by atoms with Gasteiger partial charge in [0.1, 0.15) is 3.70 Å². The smallest absolute Gasteiger partial charge is 0.125 e. The van der Waals surface area contributed by atoms with Gasteiger partial charge in [-0.25, -0.2) is 4.68 Å². The van der Waals surface area contributed by atoms with E-state index in [-0.39, 0.29) is 0 Å². The average Bonchev–Trinajstić information content (AvgIpc) is 2.53. The third kappa shape index (κ3) is 1.34. The van der Waals surface area contributed by atoms with E-state index in [4.69, 9.17) is 0 Å². The largest absolute Gasteiger partial charge is 0.207 e. The molecule has 0 unspecified atom stereocenters. The molecular weight excluding hydrogens is 265 g/mol. The Kier molecular flexibility index (Phi) is 2.07. The summed E-state index contributed by atoms with van der Waals surface area (Å²) in [6, 6.07) is 9.93. The second-order valence-corrected chi connectivity index (χ2v) is 3.41. The maximum Gasteiger partial charge on any atom is 0.125 e. The third-order valence-corrected chi connectivity index (χ3v) is 2.24. The van der Waals surface area contributed by atoms with Crippen LogP contribution in [0.2, 0.25) is 0 Å². The molecule has 0 amide bonds. The lowest BCUT2D eigenvalue weighted by Crippen LogP contribution is -1.97. The van der Waals surface area contributed by atoms with E-state index < -0.39 is 0 Å². The minimum absolute atomic E-state index is 1.01. The Labute approximate surface area is 83.5 Å². The molecule has 12 heavy (non-hydrogen) atoms. The Bertz CT molecular complexity index is 369. The van der Waals surface area contributed by atoms with Gasteiger partial charge in [0.25, 0.3) is 0 Å². The van der Waals surface area contributed by atoms with Gasteiger partial charge in [0, 0.05) is 0 Å². The minimum atomic E-state index is 1.01. The molecule has 2 rings (SSSR count). The van der Waals surface area contributed by atoms with E-state index in [1.165, 1.54) is 0 Å². The van der Waals surface area contributed by atoms with Crippen molar-refractivity contribution in [1.29, 1.82) is 0 Å². The molecule has 0 saturated heterocycles. The molecule has 3 nitrogen and oxygen atoms in total. The Morgan fingerprint density at radius 1 is 1.17 bits per heavy atom. The van der Waals surface area contributed by atoms with Crippen LogP contribution in [0.15, 0.2) is 36.5 Å². The molecule has 1 aromatic carbocycles. The Morgan fingerprint density at radius 3 is 2.50 bits per heavy atom. The van der Waals surface area contributed by atoms with Crippen LogP contribution < -0.4 is 0 Å². The van der Waals surface area contributed by atoms with Crippen LogP contribution in [0.3, 0.4) is 0 Å². The van der Waals surface area contributed by atoms with Crippen LogP contribution in [-0.4, -0.2) is 15.0 Å². The van der Waals surface area contributed by atoms with Crippen molar-refractivity contribution < 1.29 is 0 Å². The Morgan fingerprint density at radius 2 is 1.92 bits per heavy atom. The molecule has 1 heterocycles. The number of benzene rings is 1. The van der Waals surface area contributed by atoms with E-state index in [1.54, 1.807) is 10.9 Å². The van der Waals surface area contributed by atoms with Crippen LogP contribution in [0.1, 0.15) is 0 Å². The van der Waals surface area contributed by atoms with E-state index >= 15 is 0 Å². The van der Waals surface area contributed by atoms with Crippen LogP contribution in [0.4, 0.5) is 0 Å². The van der Waals surface area contributed by atoms with Gasteiger partial charge in [-0.1, -0.05) is 23.4 Å². The highest BCUT2D eigenvalue weighted by Gasteiger charge is 2.00. The Balaban J connectivity index is 2.51. The number of aromatic nitrogens is 3. The number of para-hydroxylation sites is 1. The molecule has 0 bridgehead atoms. The molecule has 4 heteroatoms. The number of rotatable bonds is 1. The van der Waals surface area contributed by atoms with Crippen LogP contribution in [0.25, 0.3) is 5.69 Å². The van der Waals surface area contributed by atoms with Crippen molar-refractivity contribution in [1.82, 2.24) is 15.0 Å². The van der Waals surface area contributed by atoms with E-state index in [1.807, 2.05) is 30.3 Å². The number of nitrogens with zero attached hydrogens (tertiary/aromatic N) is 3. The van der Waals surface area contributed by atoms with Gasteiger partial charge in [-0.15, -0.1) is 5.10 Å². The standard InChI is InChI=1S/C8H6IN3/c9-8-6-10-11-12(8)7-4-2-1-3-5-7/h1-6H. The molecule has 0 spiro atoms. The van der Waals surface area contributed by atoms with Crippen molar-refractivity contribution in [2.75, 3.05) is 0 Å². The van der Waals surface area contributed by atoms with Gasteiger partial charge in [0.15, 0.2) is 0 Å². The predicted molar refractivity (Wildman–Crippen MR) is 54.1 cm³/mol. The fraction of sp³-hybridized carbons (Fsp3) is 0. The second-order valence-electron chi connectivity index (χ2n) is 2.30. The van der Waals surface area contributed by atoms with Crippen LogP contribution in [0.5, 0.6) is 0 Å². The van der Waals surface area contributed by atoms with Gasteiger partial charge in [0.05, 0.1) is 11.9 Å². The van der Waals surface area contributed by atoms with Gasteiger partial charge in [0.2, 0.25) is 0 Å². The third-order valence-electron chi connectivity index (χ3n) is 1.51. The lowest BCUT2D eigenvalue weighted by Gasteiger charge is -1.99. The first-order valence-corrected chi connectivity index (χ1v) is 4.57. The molecule has 1 aromatic heterocycles. The zero-order valence-corrected chi connectivity index (χ0v) is 8.34. The highest BCUT2D eigenvalue weighted by Crippen LogP contribution is 2.09. The minimum Gasteiger partial charge on any atom is -0.207 e. The topological polar surface area (TPSA) is 30.7 Å². The summed E-state index contributed by atoms with van der Waals surface area (Å²) >= 11 is 2.20. The molecule has 0 atom stereocenters. The summed E-state index contributed by atoms with van der Waals surface area (Å²) in [6.07, 6.45) is 1.73. The lowest BCUT2D eigenvalue weighted by atomic mass is 10.3. The van der Waals surface area contributed by atoms with Crippen LogP contribution >= 0.6 is 22.6 Å². The fourth-order valence-electron chi connectivity index (χ4n) is 0.967. The summed E-state index contributed by atoms with van der Waals surface area (Å²) < 4.78 is 2.80. The monoisotopic (exact) mass is 271 g/mol. The number of hydrogen-bond acceptors (Lipinski definition) is 2. The highest BCUT2D eigenvalue weighted by atomic mass is 127. The van der Waals surface area contributed by atoms with Crippen molar-refractivity contribution in [3.63, 3.8) is 0 Å². The lowest BCUT2D eigenvalue weighted by molar-refractivity contribution is 0.791.